The van der Waals surface area contributed by atoms with Crippen LogP contribution in [0.15, 0.2) is 36.4 Å². The largest absolute Gasteiger partial charge is 0.374 e. The number of aromatic nitrogens is 2. The van der Waals surface area contributed by atoms with Gasteiger partial charge in [0.25, 0.3) is 0 Å². The first-order valence-electron chi connectivity index (χ1n) is 9.47. The lowest BCUT2D eigenvalue weighted by Gasteiger charge is -2.36. The topological polar surface area (TPSA) is 56.2 Å². The van der Waals surface area contributed by atoms with Gasteiger partial charge in [-0.2, -0.15) is 5.10 Å². The summed E-state index contributed by atoms with van der Waals surface area (Å²) in [5.41, 5.74) is 3.50. The van der Waals surface area contributed by atoms with Gasteiger partial charge in [-0.05, 0) is 51.2 Å². The smallest absolute Gasteiger partial charge is 0.217 e. The fourth-order valence-corrected chi connectivity index (χ4v) is 3.88. The van der Waals surface area contributed by atoms with E-state index in [9.17, 15) is 4.79 Å². The van der Waals surface area contributed by atoms with Crippen LogP contribution in [0.1, 0.15) is 43.1 Å². The van der Waals surface area contributed by atoms with Crippen LogP contribution in [-0.4, -0.2) is 33.9 Å². The summed E-state index contributed by atoms with van der Waals surface area (Å²) in [6.07, 6.45) is 3.79. The Bertz CT molecular complexity index is 726. The maximum atomic E-state index is 11.5. The minimum absolute atomic E-state index is 0.0349. The molecule has 0 radical (unpaired) electrons. The number of nitrogens with one attached hydrogen (secondary N) is 1. The molecule has 140 valence electrons. The second-order valence-electron chi connectivity index (χ2n) is 7.38. The Kier molecular flexibility index (Phi) is 6.09. The van der Waals surface area contributed by atoms with Gasteiger partial charge >= 0.3 is 0 Å². The Hall–Kier alpha value is -2.14. The lowest BCUT2D eigenvalue weighted by Crippen LogP contribution is -2.45. The van der Waals surface area contributed by atoms with E-state index < -0.39 is 0 Å². The molecule has 0 spiro atoms. The Morgan fingerprint density at radius 1 is 1.23 bits per heavy atom. The monoisotopic (exact) mass is 355 g/mol. The third kappa shape index (κ3) is 5.18. The number of hydrogen-bond donors (Lipinski definition) is 1. The molecule has 1 N–H and O–H groups in total. The molecule has 0 bridgehead atoms. The standard InChI is InChI=1S/C21H29N3O2/c1-15-11-16(2)24(23-15)10-9-20-13-19(22-17(3)25)14-21(26-20)12-18-7-5-4-6-8-18/h4-8,11,19-21H,9-10,12-14H2,1-3H3,(H,22,25)/t19-,20+,21-/m0/s1. The maximum absolute atomic E-state index is 11.5. The highest BCUT2D eigenvalue weighted by Gasteiger charge is 2.30. The summed E-state index contributed by atoms with van der Waals surface area (Å²) < 4.78 is 8.43. The molecule has 3 rings (SSSR count). The van der Waals surface area contributed by atoms with Crippen molar-refractivity contribution in [2.24, 2.45) is 0 Å². The molecular formula is C21H29N3O2. The molecule has 5 nitrogen and oxygen atoms in total. The summed E-state index contributed by atoms with van der Waals surface area (Å²) in [5, 5.41) is 7.64. The lowest BCUT2D eigenvalue weighted by molar-refractivity contribution is -0.122. The number of rotatable bonds is 6. The minimum Gasteiger partial charge on any atom is -0.374 e. The molecule has 5 heteroatoms. The summed E-state index contributed by atoms with van der Waals surface area (Å²) in [6.45, 7) is 6.53. The number of carbonyl (C=O) groups is 1. The number of nitrogens with zero attached hydrogens (tertiary/aromatic N) is 2. The summed E-state index contributed by atoms with van der Waals surface area (Å²) >= 11 is 0. The number of carbonyl (C=O) groups excluding carboxylic acids is 1. The number of aryl methyl sites for hydroxylation is 3. The van der Waals surface area contributed by atoms with E-state index in [0.29, 0.717) is 0 Å². The zero-order valence-electron chi connectivity index (χ0n) is 15.9. The van der Waals surface area contributed by atoms with E-state index in [1.165, 1.54) is 11.3 Å². The first-order chi connectivity index (χ1) is 12.5. The van der Waals surface area contributed by atoms with Crippen molar-refractivity contribution in [3.8, 4) is 0 Å². The Labute approximate surface area is 155 Å². The summed E-state index contributed by atoms with van der Waals surface area (Å²) in [4.78, 5) is 11.5. The molecular weight excluding hydrogens is 326 g/mol. The second-order valence-corrected chi connectivity index (χ2v) is 7.38. The zero-order chi connectivity index (χ0) is 18.5. The zero-order valence-corrected chi connectivity index (χ0v) is 15.9. The van der Waals surface area contributed by atoms with E-state index >= 15 is 0 Å². The molecule has 0 saturated carbocycles. The molecule has 26 heavy (non-hydrogen) atoms. The van der Waals surface area contributed by atoms with Crippen molar-refractivity contribution in [3.63, 3.8) is 0 Å². The average Bonchev–Trinajstić information content (AvgIpc) is 2.90. The van der Waals surface area contributed by atoms with Crippen molar-refractivity contribution in [1.29, 1.82) is 0 Å². The number of ether oxygens (including phenoxy) is 1. The van der Waals surface area contributed by atoms with Crippen LogP contribution in [0.2, 0.25) is 0 Å². The molecule has 0 unspecified atom stereocenters. The molecule has 1 fully saturated rings. The van der Waals surface area contributed by atoms with E-state index in [1.807, 2.05) is 17.7 Å². The molecule has 1 amide bonds. The van der Waals surface area contributed by atoms with Crippen LogP contribution in [0, 0.1) is 13.8 Å². The predicted molar refractivity (Wildman–Crippen MR) is 102 cm³/mol. The van der Waals surface area contributed by atoms with Gasteiger partial charge in [0.15, 0.2) is 0 Å². The molecule has 0 aliphatic carbocycles. The quantitative estimate of drug-likeness (QED) is 0.866. The van der Waals surface area contributed by atoms with Gasteiger partial charge in [0.1, 0.15) is 0 Å². The van der Waals surface area contributed by atoms with Crippen molar-refractivity contribution in [2.45, 2.75) is 71.2 Å². The van der Waals surface area contributed by atoms with Crippen molar-refractivity contribution >= 4 is 5.91 Å². The number of amides is 1. The highest BCUT2D eigenvalue weighted by Crippen LogP contribution is 2.25. The van der Waals surface area contributed by atoms with Gasteiger partial charge in [-0.1, -0.05) is 30.3 Å². The Morgan fingerprint density at radius 2 is 1.96 bits per heavy atom. The molecule has 1 aromatic heterocycles. The van der Waals surface area contributed by atoms with E-state index in [0.717, 1.165) is 37.9 Å². The van der Waals surface area contributed by atoms with Crippen LogP contribution in [0.5, 0.6) is 0 Å². The van der Waals surface area contributed by atoms with E-state index in [2.05, 4.69) is 47.7 Å². The van der Waals surface area contributed by atoms with Crippen LogP contribution >= 0.6 is 0 Å². The van der Waals surface area contributed by atoms with Crippen LogP contribution in [-0.2, 0) is 22.5 Å². The fourth-order valence-electron chi connectivity index (χ4n) is 3.88. The van der Waals surface area contributed by atoms with Crippen LogP contribution in [0.4, 0.5) is 0 Å². The van der Waals surface area contributed by atoms with Gasteiger partial charge in [0.2, 0.25) is 5.91 Å². The average molecular weight is 355 g/mol. The van der Waals surface area contributed by atoms with E-state index in [4.69, 9.17) is 4.74 Å². The van der Waals surface area contributed by atoms with Crippen molar-refractivity contribution < 1.29 is 9.53 Å². The van der Waals surface area contributed by atoms with Crippen molar-refractivity contribution in [1.82, 2.24) is 15.1 Å². The molecule has 2 aromatic rings. The molecule has 1 aliphatic heterocycles. The molecule has 1 saturated heterocycles. The fraction of sp³-hybridized carbons (Fsp3) is 0.524. The van der Waals surface area contributed by atoms with Gasteiger partial charge in [0.05, 0.1) is 17.9 Å². The lowest BCUT2D eigenvalue weighted by atomic mass is 9.93. The molecule has 1 aromatic carbocycles. The number of hydrogen-bond acceptors (Lipinski definition) is 3. The molecule has 2 heterocycles. The van der Waals surface area contributed by atoms with Gasteiger partial charge in [0, 0.05) is 25.2 Å². The van der Waals surface area contributed by atoms with Gasteiger partial charge in [-0.3, -0.25) is 9.48 Å². The SMILES string of the molecule is CC(=O)N[C@H]1C[C@@H](CCn2nc(C)cc2C)O[C@@H](Cc2ccccc2)C1. The summed E-state index contributed by atoms with van der Waals surface area (Å²) in [5.74, 6) is 0.0349. The highest BCUT2D eigenvalue weighted by molar-refractivity contribution is 5.73. The molecule has 1 aliphatic rings. The third-order valence-corrected chi connectivity index (χ3v) is 4.96. The van der Waals surface area contributed by atoms with Crippen LogP contribution in [0.3, 0.4) is 0 Å². The van der Waals surface area contributed by atoms with E-state index in [-0.39, 0.29) is 24.2 Å². The first kappa shape index (κ1) is 18.6. The second kappa shape index (κ2) is 8.49. The summed E-state index contributed by atoms with van der Waals surface area (Å²) in [7, 11) is 0. The van der Waals surface area contributed by atoms with E-state index in [1.54, 1.807) is 6.92 Å². The Morgan fingerprint density at radius 3 is 2.62 bits per heavy atom. The predicted octanol–water partition coefficient (Wildman–Crippen LogP) is 3.19. The highest BCUT2D eigenvalue weighted by atomic mass is 16.5. The van der Waals surface area contributed by atoms with Gasteiger partial charge in [-0.25, -0.2) is 0 Å². The summed E-state index contributed by atoms with van der Waals surface area (Å²) in [6, 6.07) is 12.7. The maximum Gasteiger partial charge on any atom is 0.217 e. The van der Waals surface area contributed by atoms with Gasteiger partial charge < -0.3 is 10.1 Å². The normalized spacial score (nSPS) is 23.0. The Balaban J connectivity index is 1.63. The third-order valence-electron chi connectivity index (χ3n) is 4.96. The van der Waals surface area contributed by atoms with Crippen LogP contribution in [0.25, 0.3) is 0 Å². The van der Waals surface area contributed by atoms with Crippen LogP contribution < -0.4 is 5.32 Å². The number of benzene rings is 1. The van der Waals surface area contributed by atoms with Gasteiger partial charge in [-0.15, -0.1) is 0 Å². The van der Waals surface area contributed by atoms with Crippen molar-refractivity contribution in [2.75, 3.05) is 0 Å². The first-order valence-corrected chi connectivity index (χ1v) is 9.47. The minimum atomic E-state index is 0.0349. The van der Waals surface area contributed by atoms with Crippen molar-refractivity contribution in [3.05, 3.63) is 53.3 Å². The molecule has 3 atom stereocenters.